The van der Waals surface area contributed by atoms with Gasteiger partial charge in [-0.25, -0.2) is 5.43 Å². The molecule has 2 saturated heterocycles. The second-order valence-corrected chi connectivity index (χ2v) is 10.4. The highest BCUT2D eigenvalue weighted by Crippen LogP contribution is 2.31. The molecule has 2 aromatic rings. The van der Waals surface area contributed by atoms with E-state index < -0.39 is 0 Å². The van der Waals surface area contributed by atoms with Crippen LogP contribution in [0.1, 0.15) is 55.3 Å². The third-order valence-corrected chi connectivity index (χ3v) is 7.68. The molecule has 3 aliphatic heterocycles. The molecule has 1 N–H and O–H groups in total. The molecule has 0 aliphatic carbocycles. The maximum absolute atomic E-state index is 13.2. The van der Waals surface area contributed by atoms with Crippen LogP contribution in [0.2, 0.25) is 0 Å². The first-order valence-electron chi connectivity index (χ1n) is 13.1. The average molecular weight is 488 g/mol. The number of anilines is 1. The zero-order valence-corrected chi connectivity index (χ0v) is 21.6. The normalized spacial score (nSPS) is 21.9. The van der Waals surface area contributed by atoms with Crippen LogP contribution in [0.15, 0.2) is 60.9 Å². The van der Waals surface area contributed by atoms with Crippen LogP contribution in [0.4, 0.5) is 5.69 Å². The standard InChI is InChI=1S/C29H37N5O2/c1-21(2)23-6-8-24(9-7-23)26-20-27-29(36)33(18-19-34(27)30-26)13-12-28(35)32-16-14-31(15-17-32)25-10-4-22(3)5-11-25/h4-11,18-19,21,26-27,30H,12-17,20H2,1-3H3. The molecule has 3 aliphatic rings. The molecule has 0 aromatic heterocycles. The predicted octanol–water partition coefficient (Wildman–Crippen LogP) is 3.79. The SMILES string of the molecule is Cc1ccc(N2CCN(C(=O)CCN3C=CN4NC(c5ccc(C(C)C)cc5)CC4C3=O)CC2)cc1. The summed E-state index contributed by atoms with van der Waals surface area (Å²) in [5, 5.41) is 1.92. The minimum atomic E-state index is -0.238. The van der Waals surface area contributed by atoms with Gasteiger partial charge in [-0.2, -0.15) is 0 Å². The average Bonchev–Trinajstić information content (AvgIpc) is 3.34. The van der Waals surface area contributed by atoms with Crippen molar-refractivity contribution in [1.82, 2.24) is 20.2 Å². The number of aryl methyl sites for hydroxylation is 1. The molecule has 190 valence electrons. The first-order chi connectivity index (χ1) is 17.4. The number of hydrogen-bond donors (Lipinski definition) is 1. The predicted molar refractivity (Wildman–Crippen MR) is 142 cm³/mol. The van der Waals surface area contributed by atoms with Crippen molar-refractivity contribution in [3.05, 3.63) is 77.6 Å². The lowest BCUT2D eigenvalue weighted by atomic mass is 9.97. The van der Waals surface area contributed by atoms with Gasteiger partial charge in [0.25, 0.3) is 5.91 Å². The van der Waals surface area contributed by atoms with Gasteiger partial charge in [0.15, 0.2) is 0 Å². The molecule has 7 nitrogen and oxygen atoms in total. The molecule has 7 heteroatoms. The maximum Gasteiger partial charge on any atom is 0.250 e. The van der Waals surface area contributed by atoms with Crippen LogP contribution in [0.25, 0.3) is 0 Å². The molecular formula is C29H37N5O2. The van der Waals surface area contributed by atoms with Gasteiger partial charge in [-0.1, -0.05) is 55.8 Å². The van der Waals surface area contributed by atoms with Crippen LogP contribution in [0, 0.1) is 6.92 Å². The smallest absolute Gasteiger partial charge is 0.250 e. The number of benzene rings is 2. The summed E-state index contributed by atoms with van der Waals surface area (Å²) in [6.45, 7) is 9.99. The van der Waals surface area contributed by atoms with E-state index in [4.69, 9.17) is 0 Å². The minimum absolute atomic E-state index is 0.0586. The Balaban J connectivity index is 1.11. The molecule has 2 fully saturated rings. The molecule has 2 atom stereocenters. The highest BCUT2D eigenvalue weighted by molar-refractivity contribution is 5.85. The lowest BCUT2D eigenvalue weighted by Gasteiger charge is -2.37. The minimum Gasteiger partial charge on any atom is -0.368 e. The fourth-order valence-electron chi connectivity index (χ4n) is 5.30. The van der Waals surface area contributed by atoms with Gasteiger partial charge in [0, 0.05) is 57.2 Å². The van der Waals surface area contributed by atoms with Crippen molar-refractivity contribution >= 4 is 17.5 Å². The second-order valence-electron chi connectivity index (χ2n) is 10.4. The number of carbonyl (C=O) groups is 2. The van der Waals surface area contributed by atoms with Crippen molar-refractivity contribution < 1.29 is 9.59 Å². The fraction of sp³-hybridized carbons (Fsp3) is 0.448. The first-order valence-corrected chi connectivity index (χ1v) is 13.1. The monoisotopic (exact) mass is 487 g/mol. The van der Waals surface area contributed by atoms with Crippen molar-refractivity contribution in [3.8, 4) is 0 Å². The van der Waals surface area contributed by atoms with E-state index in [1.807, 2.05) is 16.1 Å². The van der Waals surface area contributed by atoms with Gasteiger partial charge in [0.2, 0.25) is 5.91 Å². The van der Waals surface area contributed by atoms with Crippen LogP contribution < -0.4 is 10.3 Å². The summed E-state index contributed by atoms with van der Waals surface area (Å²) >= 11 is 0. The summed E-state index contributed by atoms with van der Waals surface area (Å²) in [7, 11) is 0. The van der Waals surface area contributed by atoms with Crippen LogP contribution in [0.5, 0.6) is 0 Å². The number of hydrazine groups is 1. The van der Waals surface area contributed by atoms with Crippen molar-refractivity contribution in [3.63, 3.8) is 0 Å². The van der Waals surface area contributed by atoms with Gasteiger partial charge in [-0.15, -0.1) is 0 Å². The Bertz CT molecular complexity index is 1100. The molecule has 0 radical (unpaired) electrons. The Morgan fingerprint density at radius 3 is 2.33 bits per heavy atom. The molecule has 2 amide bonds. The summed E-state index contributed by atoms with van der Waals surface area (Å²) in [4.78, 5) is 32.1. The summed E-state index contributed by atoms with van der Waals surface area (Å²) in [6.07, 6.45) is 4.80. The Morgan fingerprint density at radius 1 is 0.972 bits per heavy atom. The van der Waals surface area contributed by atoms with Gasteiger partial charge in [-0.05, 0) is 42.5 Å². The van der Waals surface area contributed by atoms with Crippen molar-refractivity contribution in [2.24, 2.45) is 0 Å². The maximum atomic E-state index is 13.2. The fourth-order valence-corrected chi connectivity index (χ4v) is 5.30. The number of nitrogens with one attached hydrogen (secondary N) is 1. The third-order valence-electron chi connectivity index (χ3n) is 7.68. The van der Waals surface area contributed by atoms with Gasteiger partial charge in [0.1, 0.15) is 6.04 Å². The zero-order valence-electron chi connectivity index (χ0n) is 21.6. The number of fused-ring (bicyclic) bond motifs is 1. The lowest BCUT2D eigenvalue weighted by molar-refractivity contribution is -0.136. The van der Waals surface area contributed by atoms with E-state index >= 15 is 0 Å². The Kier molecular flexibility index (Phi) is 7.01. The van der Waals surface area contributed by atoms with E-state index in [0.717, 1.165) is 19.5 Å². The van der Waals surface area contributed by atoms with Gasteiger partial charge < -0.3 is 19.7 Å². The number of hydrogen-bond acceptors (Lipinski definition) is 5. The van der Waals surface area contributed by atoms with Gasteiger partial charge >= 0.3 is 0 Å². The molecular weight excluding hydrogens is 450 g/mol. The molecule has 36 heavy (non-hydrogen) atoms. The lowest BCUT2D eigenvalue weighted by Crippen LogP contribution is -2.50. The Labute approximate surface area is 214 Å². The highest BCUT2D eigenvalue weighted by Gasteiger charge is 2.40. The number of rotatable bonds is 6. The first kappa shape index (κ1) is 24.4. The van der Waals surface area contributed by atoms with Crippen molar-refractivity contribution in [2.75, 3.05) is 37.6 Å². The van der Waals surface area contributed by atoms with Crippen molar-refractivity contribution in [2.45, 2.75) is 51.6 Å². The quantitative estimate of drug-likeness (QED) is 0.672. The molecule has 3 heterocycles. The molecule has 2 aromatic carbocycles. The molecule has 0 spiro atoms. The van der Waals surface area contributed by atoms with Gasteiger partial charge in [-0.3, -0.25) is 9.59 Å². The summed E-state index contributed by atoms with van der Waals surface area (Å²) in [5.41, 5.74) is 8.44. The Morgan fingerprint density at radius 2 is 1.67 bits per heavy atom. The Hall–Kier alpha value is -3.32. The largest absolute Gasteiger partial charge is 0.368 e. The molecule has 5 rings (SSSR count). The topological polar surface area (TPSA) is 59.1 Å². The van der Waals surface area contributed by atoms with Crippen LogP contribution >= 0.6 is 0 Å². The summed E-state index contributed by atoms with van der Waals surface area (Å²) in [6, 6.07) is 17.1. The van der Waals surface area contributed by atoms with Crippen molar-refractivity contribution in [1.29, 1.82) is 0 Å². The van der Waals surface area contributed by atoms with E-state index in [9.17, 15) is 9.59 Å². The number of amides is 2. The van der Waals surface area contributed by atoms with Crippen LogP contribution in [-0.4, -0.2) is 65.4 Å². The van der Waals surface area contributed by atoms with Crippen LogP contribution in [0.3, 0.4) is 0 Å². The van der Waals surface area contributed by atoms with E-state index in [1.54, 1.807) is 11.1 Å². The molecule has 0 saturated carbocycles. The summed E-state index contributed by atoms with van der Waals surface area (Å²) in [5.74, 6) is 0.679. The highest BCUT2D eigenvalue weighted by atomic mass is 16.2. The number of piperazine rings is 1. The van der Waals surface area contributed by atoms with E-state index in [1.165, 1.54) is 22.4 Å². The van der Waals surface area contributed by atoms with E-state index in [2.05, 4.69) is 79.6 Å². The van der Waals surface area contributed by atoms with E-state index in [0.29, 0.717) is 32.0 Å². The zero-order chi connectivity index (χ0) is 25.2. The number of carbonyl (C=O) groups excluding carboxylic acids is 2. The summed E-state index contributed by atoms with van der Waals surface area (Å²) < 4.78 is 0. The van der Waals surface area contributed by atoms with Gasteiger partial charge in [0.05, 0.1) is 6.04 Å². The van der Waals surface area contributed by atoms with E-state index in [-0.39, 0.29) is 23.9 Å². The number of nitrogens with zero attached hydrogens (tertiary/aromatic N) is 4. The third kappa shape index (κ3) is 5.12. The second kappa shape index (κ2) is 10.3. The molecule has 2 unspecified atom stereocenters. The molecule has 0 bridgehead atoms. The van der Waals surface area contributed by atoms with Crippen LogP contribution in [-0.2, 0) is 9.59 Å².